The average molecular weight is 321 g/mol. The fourth-order valence-electron chi connectivity index (χ4n) is 3.28. The quantitative estimate of drug-likeness (QED) is 0.555. The first-order valence-electron chi connectivity index (χ1n) is 7.78. The molecule has 110 valence electrons. The van der Waals surface area contributed by atoms with Crippen molar-refractivity contribution in [2.24, 2.45) is 0 Å². The van der Waals surface area contributed by atoms with Gasteiger partial charge in [0.1, 0.15) is 0 Å². The summed E-state index contributed by atoms with van der Waals surface area (Å²) >= 11 is 0. The highest BCUT2D eigenvalue weighted by atomic mass is 29.7. The van der Waals surface area contributed by atoms with Crippen LogP contribution in [0.3, 0.4) is 0 Å². The van der Waals surface area contributed by atoms with Crippen LogP contribution in [-0.2, 0) is 0 Å². The van der Waals surface area contributed by atoms with Crippen LogP contribution >= 0.6 is 0 Å². The van der Waals surface area contributed by atoms with Gasteiger partial charge in [-0.1, -0.05) is 55.4 Å². The molecule has 0 aromatic rings. The van der Waals surface area contributed by atoms with Crippen LogP contribution in [0.5, 0.6) is 0 Å². The van der Waals surface area contributed by atoms with Crippen molar-refractivity contribution < 1.29 is 0 Å². The molecular weight excluding hydrogens is 284 g/mol. The summed E-state index contributed by atoms with van der Waals surface area (Å²) in [5, 5.41) is 0. The molecule has 18 heavy (non-hydrogen) atoms. The van der Waals surface area contributed by atoms with E-state index < -0.39 is 8.64 Å². The van der Waals surface area contributed by atoms with Gasteiger partial charge in [-0.3, -0.25) is 0 Å². The Morgan fingerprint density at radius 1 is 0.722 bits per heavy atom. The van der Waals surface area contributed by atoms with Gasteiger partial charge in [-0.05, 0) is 42.5 Å². The number of hydrogen-bond acceptors (Lipinski definition) is 2. The third-order valence-corrected chi connectivity index (χ3v) is 39.7. The monoisotopic (exact) mass is 320 g/mol. The van der Waals surface area contributed by atoms with E-state index >= 15 is 0 Å². The Morgan fingerprint density at radius 2 is 1.00 bits per heavy atom. The lowest BCUT2D eigenvalue weighted by Gasteiger charge is -2.47. The molecule has 0 N–H and O–H groups in total. The Labute approximate surface area is 124 Å². The Hall–Kier alpha value is 0.788. The van der Waals surface area contributed by atoms with Crippen molar-refractivity contribution in [3.63, 3.8) is 0 Å². The Kier molecular flexibility index (Phi) is 9.25. The van der Waals surface area contributed by atoms with Crippen LogP contribution in [0.2, 0.25) is 0 Å². The molecule has 6 heteroatoms. The van der Waals surface area contributed by atoms with E-state index in [1.165, 1.54) is 0 Å². The first-order valence-corrected chi connectivity index (χ1v) is 21.7. The van der Waals surface area contributed by atoms with Gasteiger partial charge in [-0.2, -0.15) is 0 Å². The highest BCUT2D eigenvalue weighted by Crippen LogP contribution is 2.16. The first kappa shape index (κ1) is 18.8. The van der Waals surface area contributed by atoms with Gasteiger partial charge in [-0.25, -0.2) is 0 Å². The van der Waals surface area contributed by atoms with Crippen molar-refractivity contribution in [3.8, 4) is 0 Å². The maximum Gasteiger partial charge on any atom is 0.165 e. The molecular formula is C12H36N2Si4. The SMILES string of the molecule is CC(C)N(C(C)C)[SiH]([SiH2][SiH2][SiH3])N(C(C)C)C(C)C. The lowest BCUT2D eigenvalue weighted by Crippen LogP contribution is -2.65. The molecule has 0 unspecified atom stereocenters. The van der Waals surface area contributed by atoms with E-state index in [1.54, 1.807) is 9.76 Å². The van der Waals surface area contributed by atoms with Gasteiger partial charge in [0.05, 0.1) is 0 Å². The molecule has 0 amide bonds. The van der Waals surface area contributed by atoms with Gasteiger partial charge in [0.2, 0.25) is 0 Å². The minimum Gasteiger partial charge on any atom is -0.312 e. The molecule has 0 heterocycles. The summed E-state index contributed by atoms with van der Waals surface area (Å²) in [4.78, 5) is 0. The van der Waals surface area contributed by atoms with Crippen LogP contribution in [0.4, 0.5) is 0 Å². The third-order valence-electron chi connectivity index (χ3n) is 3.62. The van der Waals surface area contributed by atoms with Gasteiger partial charge in [-0.15, -0.1) is 0 Å². The summed E-state index contributed by atoms with van der Waals surface area (Å²) < 4.78 is 5.86. The Balaban J connectivity index is 5.22. The highest BCUT2D eigenvalue weighted by molar-refractivity contribution is 7.44. The average Bonchev–Trinajstić information content (AvgIpc) is 2.14. The van der Waals surface area contributed by atoms with Crippen LogP contribution in [0.25, 0.3) is 0 Å². The zero-order valence-electron chi connectivity index (χ0n) is 14.2. The normalized spacial score (nSPS) is 14.8. The molecule has 0 atom stereocenters. The molecule has 0 fully saturated rings. The summed E-state index contributed by atoms with van der Waals surface area (Å²) in [6, 6.07) is 2.93. The van der Waals surface area contributed by atoms with Crippen molar-refractivity contribution in [2.45, 2.75) is 79.6 Å². The van der Waals surface area contributed by atoms with E-state index in [0.717, 1.165) is 24.2 Å². The van der Waals surface area contributed by atoms with Crippen LogP contribution in [0.15, 0.2) is 0 Å². The van der Waals surface area contributed by atoms with Crippen LogP contribution < -0.4 is 0 Å². The molecule has 0 aromatic carbocycles. The van der Waals surface area contributed by atoms with E-state index in [1.807, 2.05) is 0 Å². The molecule has 0 aliphatic rings. The molecule has 0 aliphatic heterocycles. The van der Waals surface area contributed by atoms with Crippen molar-refractivity contribution >= 4 is 35.5 Å². The lowest BCUT2D eigenvalue weighted by molar-refractivity contribution is 0.232. The highest BCUT2D eigenvalue weighted by Gasteiger charge is 2.32. The summed E-state index contributed by atoms with van der Waals surface area (Å²) in [5.41, 5.74) is 0. The second-order valence-electron chi connectivity index (χ2n) is 6.54. The number of rotatable bonds is 8. The van der Waals surface area contributed by atoms with Crippen molar-refractivity contribution in [1.82, 2.24) is 9.13 Å². The predicted octanol–water partition coefficient (Wildman–Crippen LogP) is -0.526. The molecule has 0 radical (unpaired) electrons. The molecule has 0 saturated carbocycles. The fraction of sp³-hybridized carbons (Fsp3) is 1.00. The molecule has 0 aromatic heterocycles. The van der Waals surface area contributed by atoms with E-state index in [2.05, 4.69) is 64.5 Å². The molecule has 0 saturated heterocycles. The minimum atomic E-state index is -0.793. The molecule has 2 nitrogen and oxygen atoms in total. The molecule has 0 bridgehead atoms. The van der Waals surface area contributed by atoms with Crippen LogP contribution in [0, 0.1) is 0 Å². The summed E-state index contributed by atoms with van der Waals surface area (Å²) in [6.07, 6.45) is 0. The number of nitrogens with zero attached hydrogens (tertiary/aromatic N) is 2. The molecule has 0 aliphatic carbocycles. The van der Waals surface area contributed by atoms with Crippen molar-refractivity contribution in [1.29, 1.82) is 0 Å². The molecule has 0 rings (SSSR count). The topological polar surface area (TPSA) is 6.48 Å². The minimum absolute atomic E-state index is 0.261. The van der Waals surface area contributed by atoms with Crippen LogP contribution in [-0.4, -0.2) is 68.8 Å². The van der Waals surface area contributed by atoms with Gasteiger partial charge in [0.15, 0.2) is 8.64 Å². The molecule has 0 spiro atoms. The van der Waals surface area contributed by atoms with E-state index in [9.17, 15) is 0 Å². The van der Waals surface area contributed by atoms with E-state index in [0.29, 0.717) is 8.55 Å². The second-order valence-corrected chi connectivity index (χ2v) is 31.4. The van der Waals surface area contributed by atoms with Gasteiger partial charge < -0.3 is 9.13 Å². The zero-order valence-corrected chi connectivity index (χ0v) is 20.2. The first-order chi connectivity index (χ1) is 8.23. The fourth-order valence-corrected chi connectivity index (χ4v) is 39.8. The number of hydrogen-bond donors (Lipinski definition) is 0. The summed E-state index contributed by atoms with van der Waals surface area (Å²) in [5.74, 6) is 0. The van der Waals surface area contributed by atoms with Crippen LogP contribution in [0.1, 0.15) is 55.4 Å². The summed E-state index contributed by atoms with van der Waals surface area (Å²) in [6.45, 7) is 19.2. The predicted molar refractivity (Wildman–Crippen MR) is 98.4 cm³/mol. The third kappa shape index (κ3) is 5.42. The van der Waals surface area contributed by atoms with Gasteiger partial charge in [0, 0.05) is 8.55 Å². The van der Waals surface area contributed by atoms with E-state index in [4.69, 9.17) is 0 Å². The Bertz CT molecular complexity index is 186. The van der Waals surface area contributed by atoms with Crippen molar-refractivity contribution in [3.05, 3.63) is 0 Å². The van der Waals surface area contributed by atoms with Gasteiger partial charge in [0.25, 0.3) is 0 Å². The Morgan fingerprint density at radius 3 is 1.17 bits per heavy atom. The lowest BCUT2D eigenvalue weighted by atomic mass is 10.3. The summed E-state index contributed by atoms with van der Waals surface area (Å²) in [7, 11) is 1.42. The zero-order chi connectivity index (χ0) is 14.5. The smallest absolute Gasteiger partial charge is 0.165 e. The maximum absolute atomic E-state index is 2.93. The van der Waals surface area contributed by atoms with Gasteiger partial charge >= 0.3 is 0 Å². The second kappa shape index (κ2) is 8.86. The van der Waals surface area contributed by atoms with E-state index in [-0.39, 0.29) is 8.55 Å². The largest absolute Gasteiger partial charge is 0.312 e. The maximum atomic E-state index is 2.93. The van der Waals surface area contributed by atoms with Crippen molar-refractivity contribution in [2.75, 3.05) is 0 Å². The standard InChI is InChI=1S/C12H36N2Si4/c1-9(2)13(10(3)4)18(17-16-15)14(11(5)6)12(7)8/h9-12,18H,16-17H2,1-8,15H3.